The molecule has 0 aliphatic heterocycles. The topological polar surface area (TPSA) is 157 Å². The van der Waals surface area contributed by atoms with E-state index in [0.29, 0.717) is 24.3 Å². The van der Waals surface area contributed by atoms with Gasteiger partial charge in [0.1, 0.15) is 11.5 Å². The Labute approximate surface area is 246 Å². The minimum Gasteiger partial charge on any atom is -0.507 e. The molecule has 11 heteroatoms. The first-order valence-corrected chi connectivity index (χ1v) is 15.3. The molecule has 224 valence electrons. The highest BCUT2D eigenvalue weighted by molar-refractivity contribution is 7.99. The number of benzene rings is 2. The molecule has 10 nitrogen and oxygen atoms in total. The van der Waals surface area contributed by atoms with Gasteiger partial charge in [0, 0.05) is 24.3 Å². The zero-order valence-electron chi connectivity index (χ0n) is 23.9. The lowest BCUT2D eigenvalue weighted by molar-refractivity contribution is -0.122. The summed E-state index contributed by atoms with van der Waals surface area (Å²) in [5, 5.41) is 20.4. The first-order chi connectivity index (χ1) is 19.8. The molecule has 0 aromatic heterocycles. The van der Waals surface area contributed by atoms with E-state index in [4.69, 9.17) is 0 Å². The summed E-state index contributed by atoms with van der Waals surface area (Å²) in [6.45, 7) is 4.17. The zero-order valence-corrected chi connectivity index (χ0v) is 24.7. The van der Waals surface area contributed by atoms with E-state index in [0.717, 1.165) is 49.7 Å². The molecule has 0 saturated heterocycles. The monoisotopic (exact) mass is 586 g/mol. The van der Waals surface area contributed by atoms with Crippen LogP contribution in [-0.2, 0) is 22.4 Å². The SMILES string of the molecule is CCCCCc1cccc(O)c1C(=O)NNC(=O)CCSCCC(=O)NNC(=O)c1c(O)cccc1CCCCC. The lowest BCUT2D eigenvalue weighted by atomic mass is 10.00. The second kappa shape index (κ2) is 18.6. The van der Waals surface area contributed by atoms with Crippen LogP contribution >= 0.6 is 11.8 Å². The number of carbonyl (C=O) groups excluding carboxylic acids is 4. The number of phenolic OH excluding ortho intramolecular Hbond substituents is 2. The molecule has 2 aromatic carbocycles. The number of hydrazine groups is 2. The van der Waals surface area contributed by atoms with Crippen LogP contribution in [0.5, 0.6) is 11.5 Å². The van der Waals surface area contributed by atoms with Crippen molar-refractivity contribution in [3.63, 3.8) is 0 Å². The lowest BCUT2D eigenvalue weighted by Gasteiger charge is -2.13. The second-order valence-electron chi connectivity index (χ2n) is 9.65. The number of hydrogen-bond donors (Lipinski definition) is 6. The Kier molecular flexibility index (Phi) is 15.2. The average Bonchev–Trinajstić information content (AvgIpc) is 2.95. The molecule has 0 spiro atoms. The number of rotatable bonds is 16. The number of nitrogens with one attached hydrogen (secondary N) is 4. The first kappa shape index (κ1) is 33.5. The minimum absolute atomic E-state index is 0.113. The number of thioether (sulfide) groups is 1. The van der Waals surface area contributed by atoms with E-state index in [2.05, 4.69) is 35.6 Å². The van der Waals surface area contributed by atoms with Gasteiger partial charge in [-0.2, -0.15) is 11.8 Å². The van der Waals surface area contributed by atoms with Crippen LogP contribution in [0, 0.1) is 0 Å². The molecule has 0 atom stereocenters. The van der Waals surface area contributed by atoms with E-state index in [-0.39, 0.29) is 35.5 Å². The van der Waals surface area contributed by atoms with Gasteiger partial charge in [0.2, 0.25) is 11.8 Å². The Bertz CT molecular complexity index is 1080. The number of carbonyl (C=O) groups is 4. The maximum Gasteiger partial charge on any atom is 0.273 e. The van der Waals surface area contributed by atoms with Crippen LogP contribution < -0.4 is 21.7 Å². The van der Waals surface area contributed by atoms with Crippen molar-refractivity contribution in [3.05, 3.63) is 58.7 Å². The Hall–Kier alpha value is -3.73. The highest BCUT2D eigenvalue weighted by atomic mass is 32.2. The van der Waals surface area contributed by atoms with Gasteiger partial charge in [-0.05, 0) is 48.9 Å². The maximum atomic E-state index is 12.6. The van der Waals surface area contributed by atoms with Crippen LogP contribution in [-0.4, -0.2) is 45.3 Å². The molecular weight excluding hydrogens is 544 g/mol. The van der Waals surface area contributed by atoms with Gasteiger partial charge in [0.25, 0.3) is 11.8 Å². The van der Waals surface area contributed by atoms with Crippen molar-refractivity contribution in [2.75, 3.05) is 11.5 Å². The quantitative estimate of drug-likeness (QED) is 0.126. The third-order valence-electron chi connectivity index (χ3n) is 6.39. The highest BCUT2D eigenvalue weighted by Gasteiger charge is 2.18. The number of hydrogen-bond acceptors (Lipinski definition) is 7. The van der Waals surface area contributed by atoms with Gasteiger partial charge in [0.15, 0.2) is 0 Å². The molecule has 6 N–H and O–H groups in total. The molecule has 2 rings (SSSR count). The Morgan fingerprint density at radius 3 is 1.44 bits per heavy atom. The molecule has 0 bridgehead atoms. The summed E-state index contributed by atoms with van der Waals surface area (Å²) < 4.78 is 0. The molecule has 0 unspecified atom stereocenters. The molecule has 0 radical (unpaired) electrons. The molecule has 41 heavy (non-hydrogen) atoms. The van der Waals surface area contributed by atoms with Crippen molar-refractivity contribution >= 4 is 35.4 Å². The van der Waals surface area contributed by atoms with Gasteiger partial charge in [-0.15, -0.1) is 0 Å². The van der Waals surface area contributed by atoms with Crippen molar-refractivity contribution in [2.45, 2.75) is 78.1 Å². The molecular formula is C30H42N4O6S. The predicted molar refractivity (Wildman–Crippen MR) is 160 cm³/mol. The van der Waals surface area contributed by atoms with Crippen molar-refractivity contribution < 1.29 is 29.4 Å². The van der Waals surface area contributed by atoms with Gasteiger partial charge in [-0.1, -0.05) is 63.8 Å². The fourth-order valence-electron chi connectivity index (χ4n) is 4.18. The predicted octanol–water partition coefficient (Wildman–Crippen LogP) is 4.30. The fourth-order valence-corrected chi connectivity index (χ4v) is 5.04. The average molecular weight is 587 g/mol. The summed E-state index contributed by atoms with van der Waals surface area (Å²) in [5.41, 5.74) is 11.2. The normalized spacial score (nSPS) is 10.6. The van der Waals surface area contributed by atoms with Gasteiger partial charge in [0.05, 0.1) is 11.1 Å². The zero-order chi connectivity index (χ0) is 30.0. The van der Waals surface area contributed by atoms with Gasteiger partial charge in [-0.3, -0.25) is 40.9 Å². The van der Waals surface area contributed by atoms with E-state index in [9.17, 15) is 29.4 Å². The Morgan fingerprint density at radius 1 is 0.634 bits per heavy atom. The molecule has 0 saturated carbocycles. The van der Waals surface area contributed by atoms with Crippen LogP contribution in [0.3, 0.4) is 0 Å². The van der Waals surface area contributed by atoms with Gasteiger partial charge in [-0.25, -0.2) is 0 Å². The Morgan fingerprint density at radius 2 is 1.05 bits per heavy atom. The van der Waals surface area contributed by atoms with Crippen LogP contribution in [0.25, 0.3) is 0 Å². The summed E-state index contributed by atoms with van der Waals surface area (Å²) in [5.74, 6) is -1.39. The largest absolute Gasteiger partial charge is 0.507 e. The van der Waals surface area contributed by atoms with Crippen LogP contribution in [0.4, 0.5) is 0 Å². The summed E-state index contributed by atoms with van der Waals surface area (Å²) in [6.07, 6.45) is 7.42. The molecule has 4 amide bonds. The lowest BCUT2D eigenvalue weighted by Crippen LogP contribution is -2.42. The van der Waals surface area contributed by atoms with Crippen molar-refractivity contribution in [1.29, 1.82) is 0 Å². The number of phenols is 2. The van der Waals surface area contributed by atoms with E-state index >= 15 is 0 Å². The summed E-state index contributed by atoms with van der Waals surface area (Å²) in [6, 6.07) is 9.85. The first-order valence-electron chi connectivity index (χ1n) is 14.2. The van der Waals surface area contributed by atoms with Crippen molar-refractivity contribution in [1.82, 2.24) is 21.7 Å². The molecule has 2 aromatic rings. The number of aryl methyl sites for hydroxylation is 2. The number of amides is 4. The smallest absolute Gasteiger partial charge is 0.273 e. The second-order valence-corrected chi connectivity index (χ2v) is 10.9. The minimum atomic E-state index is -0.578. The summed E-state index contributed by atoms with van der Waals surface area (Å²) in [7, 11) is 0. The molecule has 0 fully saturated rings. The van der Waals surface area contributed by atoms with E-state index in [1.807, 2.05) is 0 Å². The molecule has 0 heterocycles. The Balaban J connectivity index is 1.68. The molecule has 0 aliphatic rings. The number of unbranched alkanes of at least 4 members (excludes halogenated alkanes) is 4. The fraction of sp³-hybridized carbons (Fsp3) is 0.467. The number of aromatic hydroxyl groups is 2. The summed E-state index contributed by atoms with van der Waals surface area (Å²) in [4.78, 5) is 49.5. The van der Waals surface area contributed by atoms with Gasteiger partial charge < -0.3 is 10.2 Å². The van der Waals surface area contributed by atoms with Crippen LogP contribution in [0.1, 0.15) is 97.1 Å². The van der Waals surface area contributed by atoms with Gasteiger partial charge >= 0.3 is 0 Å². The van der Waals surface area contributed by atoms with E-state index in [1.54, 1.807) is 24.3 Å². The third-order valence-corrected chi connectivity index (χ3v) is 7.37. The van der Waals surface area contributed by atoms with Crippen molar-refractivity contribution in [3.8, 4) is 11.5 Å². The maximum absolute atomic E-state index is 12.6. The third kappa shape index (κ3) is 11.7. The van der Waals surface area contributed by atoms with E-state index < -0.39 is 23.6 Å². The van der Waals surface area contributed by atoms with Crippen LogP contribution in [0.15, 0.2) is 36.4 Å². The van der Waals surface area contributed by atoms with E-state index in [1.165, 1.54) is 23.9 Å². The molecule has 0 aliphatic carbocycles. The summed E-state index contributed by atoms with van der Waals surface area (Å²) >= 11 is 1.38. The standard InChI is InChI=1S/C30H42N4O6S/c1-3-5-7-11-21-13-9-15-23(35)27(21)29(39)33-31-25(37)17-19-41-20-18-26(38)32-34-30(40)28-22(12-8-6-4-2)14-10-16-24(28)36/h9-10,13-16,35-36H,3-8,11-12,17-20H2,1-2H3,(H,31,37)(H,32,38)(H,33,39)(H,34,40). The van der Waals surface area contributed by atoms with Crippen LogP contribution in [0.2, 0.25) is 0 Å². The van der Waals surface area contributed by atoms with Crippen molar-refractivity contribution in [2.24, 2.45) is 0 Å². The highest BCUT2D eigenvalue weighted by Crippen LogP contribution is 2.24.